The molecule has 0 saturated heterocycles. The lowest BCUT2D eigenvalue weighted by atomic mass is 10.1. The second-order valence-corrected chi connectivity index (χ2v) is 6.89. The van der Waals surface area contributed by atoms with E-state index < -0.39 is 10.0 Å². The van der Waals surface area contributed by atoms with Crippen molar-refractivity contribution in [3.8, 4) is 11.5 Å². The first kappa shape index (κ1) is 16.0. The van der Waals surface area contributed by atoms with Crippen molar-refractivity contribution in [1.82, 2.24) is 4.98 Å². The van der Waals surface area contributed by atoms with Gasteiger partial charge in [-0.3, -0.25) is 4.98 Å². The van der Waals surface area contributed by atoms with Gasteiger partial charge in [0.2, 0.25) is 6.79 Å². The summed E-state index contributed by atoms with van der Waals surface area (Å²) in [6, 6.07) is 8.87. The van der Waals surface area contributed by atoms with Crippen molar-refractivity contribution < 1.29 is 19.0 Å². The number of carbonyl (C=O) groups is 1. The molecule has 2 heterocycles. The van der Waals surface area contributed by atoms with Crippen molar-refractivity contribution in [1.29, 1.82) is 0 Å². The van der Waals surface area contributed by atoms with E-state index in [-0.39, 0.29) is 13.4 Å². The number of fused-ring (bicyclic) bond motifs is 1. The van der Waals surface area contributed by atoms with Crippen LogP contribution in [0.5, 0.6) is 11.5 Å². The van der Waals surface area contributed by atoms with Gasteiger partial charge in [0.1, 0.15) is 0 Å². The summed E-state index contributed by atoms with van der Waals surface area (Å²) in [4.78, 5) is 15.8. The summed E-state index contributed by atoms with van der Waals surface area (Å²) >= 11 is 9.14. The number of ether oxygens (including phenoxy) is 3. The van der Waals surface area contributed by atoms with Gasteiger partial charge in [-0.1, -0.05) is 6.07 Å². The van der Waals surface area contributed by atoms with Crippen LogP contribution in [-0.4, -0.2) is 24.4 Å². The van der Waals surface area contributed by atoms with Crippen LogP contribution in [0, 0.1) is 0 Å². The van der Waals surface area contributed by atoms with Crippen molar-refractivity contribution in [3.63, 3.8) is 0 Å². The number of benzene rings is 1. The fraction of sp³-hybridized carbons (Fsp3) is 0.250. The Kier molecular flexibility index (Phi) is 4.68. The predicted octanol–water partition coefficient (Wildman–Crippen LogP) is 3.07. The van der Waals surface area contributed by atoms with E-state index in [0.29, 0.717) is 23.5 Å². The second kappa shape index (κ2) is 6.72. The van der Waals surface area contributed by atoms with Gasteiger partial charge in [0.15, 0.2) is 11.5 Å². The Labute approximate surface area is 144 Å². The molecular formula is C16H15NO4S2. The van der Waals surface area contributed by atoms with E-state index in [0.717, 1.165) is 5.56 Å². The van der Waals surface area contributed by atoms with Crippen molar-refractivity contribution >= 4 is 31.2 Å². The summed E-state index contributed by atoms with van der Waals surface area (Å²) < 4.78 is 15.1. The first-order chi connectivity index (χ1) is 11.1. The molecule has 1 aliphatic heterocycles. The average Bonchev–Trinajstić information content (AvgIpc) is 3.03. The van der Waals surface area contributed by atoms with E-state index in [9.17, 15) is 4.79 Å². The largest absolute Gasteiger partial charge is 0.462 e. The molecule has 3 rings (SSSR count). The average molecular weight is 349 g/mol. The highest BCUT2D eigenvalue weighted by Crippen LogP contribution is 2.41. The van der Waals surface area contributed by atoms with Crippen molar-refractivity contribution in [3.05, 3.63) is 53.9 Å². The Hall–Kier alpha value is -1.86. The molecule has 0 radical (unpaired) electrons. The summed E-state index contributed by atoms with van der Waals surface area (Å²) in [5, 5.41) is 0. The lowest BCUT2D eigenvalue weighted by molar-refractivity contribution is 0.0497. The van der Waals surface area contributed by atoms with Crippen LogP contribution >= 0.6 is 25.3 Å². The zero-order chi connectivity index (χ0) is 16.3. The molecule has 5 nitrogen and oxygen atoms in total. The fourth-order valence-corrected chi connectivity index (χ4v) is 2.60. The van der Waals surface area contributed by atoms with Crippen LogP contribution in [-0.2, 0) is 8.82 Å². The Morgan fingerprint density at radius 1 is 1.26 bits per heavy atom. The van der Waals surface area contributed by atoms with Gasteiger partial charge in [0, 0.05) is 18.8 Å². The zero-order valence-corrected chi connectivity index (χ0v) is 13.9. The summed E-state index contributed by atoms with van der Waals surface area (Å²) in [7, 11) is 0. The molecule has 23 heavy (non-hydrogen) atoms. The lowest BCUT2D eigenvalue weighted by Gasteiger charge is -2.23. The number of esters is 1. The van der Waals surface area contributed by atoms with Crippen LogP contribution in [0.1, 0.15) is 22.3 Å². The number of nitrogens with zero attached hydrogens (tertiary/aromatic N) is 1. The van der Waals surface area contributed by atoms with Crippen molar-refractivity contribution in [2.24, 2.45) is 0 Å². The molecule has 1 aromatic carbocycles. The van der Waals surface area contributed by atoms with Crippen LogP contribution < -0.4 is 9.47 Å². The first-order valence-electron chi connectivity index (χ1n) is 6.98. The molecule has 0 bridgehead atoms. The van der Waals surface area contributed by atoms with E-state index in [1.807, 2.05) is 18.2 Å². The van der Waals surface area contributed by atoms with E-state index in [1.165, 1.54) is 6.20 Å². The maximum Gasteiger partial charge on any atom is 0.339 e. The maximum absolute atomic E-state index is 11.9. The smallest absolute Gasteiger partial charge is 0.339 e. The topological polar surface area (TPSA) is 57.7 Å². The van der Waals surface area contributed by atoms with Crippen LogP contribution in [0.25, 0.3) is 0 Å². The number of pyridine rings is 1. The van der Waals surface area contributed by atoms with E-state index in [1.54, 1.807) is 18.3 Å². The van der Waals surface area contributed by atoms with Crippen LogP contribution in [0.2, 0.25) is 0 Å². The fourth-order valence-electron chi connectivity index (χ4n) is 2.14. The van der Waals surface area contributed by atoms with Gasteiger partial charge in [-0.25, -0.2) is 4.79 Å². The molecular weight excluding hydrogens is 334 g/mol. The molecule has 0 unspecified atom stereocenters. The normalized spacial score (nSPS) is 13.0. The molecule has 7 heteroatoms. The summed E-state index contributed by atoms with van der Waals surface area (Å²) in [6.07, 6.45) is 3.50. The Morgan fingerprint density at radius 3 is 2.87 bits per heavy atom. The van der Waals surface area contributed by atoms with Gasteiger partial charge in [0.05, 0.1) is 16.2 Å². The van der Waals surface area contributed by atoms with E-state index in [4.69, 9.17) is 14.2 Å². The summed E-state index contributed by atoms with van der Waals surface area (Å²) in [6.45, 7) is 0.406. The van der Waals surface area contributed by atoms with Crippen LogP contribution in [0.15, 0.2) is 42.7 Å². The van der Waals surface area contributed by atoms with Gasteiger partial charge >= 0.3 is 5.97 Å². The van der Waals surface area contributed by atoms with Crippen LogP contribution in [0.4, 0.5) is 0 Å². The number of hydrogen-bond acceptors (Lipinski definition) is 7. The second-order valence-electron chi connectivity index (χ2n) is 5.01. The van der Waals surface area contributed by atoms with Gasteiger partial charge < -0.3 is 14.2 Å². The lowest BCUT2D eigenvalue weighted by Crippen LogP contribution is -2.16. The third-order valence-corrected chi connectivity index (χ3v) is 4.38. The Bertz CT molecular complexity index is 706. The minimum Gasteiger partial charge on any atom is -0.462 e. The quantitative estimate of drug-likeness (QED) is 0.494. The van der Waals surface area contributed by atoms with Crippen molar-refractivity contribution in [2.45, 2.75) is 10.5 Å². The third-order valence-electron chi connectivity index (χ3n) is 3.42. The molecule has 120 valence electrons. The Morgan fingerprint density at radius 2 is 2.09 bits per heavy atom. The number of aromatic nitrogens is 1. The minimum atomic E-state index is -0.754. The number of carbonyl (C=O) groups excluding carboxylic acids is 1. The van der Waals surface area contributed by atoms with E-state index >= 15 is 0 Å². The predicted molar refractivity (Wildman–Crippen MR) is 91.4 cm³/mol. The zero-order valence-electron chi connectivity index (χ0n) is 12.1. The Balaban J connectivity index is 1.59. The molecule has 0 spiro atoms. The molecule has 0 amide bonds. The van der Waals surface area contributed by atoms with Gasteiger partial charge in [-0.2, -0.15) is 25.3 Å². The van der Waals surface area contributed by atoms with Crippen LogP contribution in [0.3, 0.4) is 0 Å². The summed E-state index contributed by atoms with van der Waals surface area (Å²) in [5.74, 6) is 0.956. The third kappa shape index (κ3) is 3.73. The SMILES string of the molecule is O=C(OCCC(S)(S)c1ccc2c(c1)OCO2)c1cccnc1. The molecule has 2 aromatic rings. The highest BCUT2D eigenvalue weighted by Gasteiger charge is 2.26. The number of rotatable bonds is 5. The number of hydrogen-bond donors (Lipinski definition) is 2. The standard InChI is InChI=1S/C16H15NO4S2/c18-15(11-2-1-6-17-9-11)19-7-5-16(22,23)12-3-4-13-14(8-12)21-10-20-13/h1-4,6,8-9,22-23H,5,7,10H2. The monoisotopic (exact) mass is 349 g/mol. The maximum atomic E-state index is 11.9. The highest BCUT2D eigenvalue weighted by molar-refractivity contribution is 7.99. The minimum absolute atomic E-state index is 0.190. The highest BCUT2D eigenvalue weighted by atomic mass is 32.2. The van der Waals surface area contributed by atoms with Gasteiger partial charge in [-0.05, 0) is 29.8 Å². The molecule has 1 aliphatic rings. The molecule has 0 saturated carbocycles. The molecule has 1 aromatic heterocycles. The molecule has 0 N–H and O–H groups in total. The first-order valence-corrected chi connectivity index (χ1v) is 7.88. The van der Waals surface area contributed by atoms with Gasteiger partial charge in [0.25, 0.3) is 0 Å². The molecule has 0 atom stereocenters. The molecule has 0 fully saturated rings. The van der Waals surface area contributed by atoms with Crippen molar-refractivity contribution in [2.75, 3.05) is 13.4 Å². The summed E-state index contributed by atoms with van der Waals surface area (Å²) in [5.41, 5.74) is 1.27. The molecule has 0 aliphatic carbocycles. The number of thiol groups is 2. The van der Waals surface area contributed by atoms with Gasteiger partial charge in [-0.15, -0.1) is 0 Å². The van der Waals surface area contributed by atoms with E-state index in [2.05, 4.69) is 30.2 Å².